The van der Waals surface area contributed by atoms with Crippen molar-refractivity contribution in [1.82, 2.24) is 41.4 Å². The molecule has 1 aliphatic heterocycles. The van der Waals surface area contributed by atoms with E-state index in [1.165, 1.54) is 23.9 Å². The average Bonchev–Trinajstić information content (AvgIpc) is 3.90. The zero-order valence-electron chi connectivity index (χ0n) is 40.0. The van der Waals surface area contributed by atoms with Gasteiger partial charge in [0.15, 0.2) is 0 Å². The number of nitrogens with one attached hydrogen (secondary N) is 6. The normalized spacial score (nSPS) is 14.6. The number of carbonyl (C=O) groups excluding carboxylic acids is 8. The number of benzene rings is 2. The van der Waals surface area contributed by atoms with Crippen LogP contribution in [0.2, 0.25) is 0 Å². The van der Waals surface area contributed by atoms with Crippen LogP contribution in [-0.2, 0) is 56.0 Å². The largest absolute Gasteiger partial charge is 0.508 e. The van der Waals surface area contributed by atoms with Crippen molar-refractivity contribution in [2.24, 2.45) is 0 Å². The number of para-hydroxylation sites is 1. The fourth-order valence-electron chi connectivity index (χ4n) is 7.98. The second-order valence-electron chi connectivity index (χ2n) is 17.2. The summed E-state index contributed by atoms with van der Waals surface area (Å²) in [6.07, 6.45) is 6.94. The predicted molar refractivity (Wildman–Crippen MR) is 261 cm³/mol. The lowest BCUT2D eigenvalue weighted by atomic mass is 10.0. The van der Waals surface area contributed by atoms with E-state index < -0.39 is 96.4 Å². The maximum absolute atomic E-state index is 14.3. The Balaban J connectivity index is 1.54. The Morgan fingerprint density at radius 2 is 1.32 bits per heavy atom. The van der Waals surface area contributed by atoms with Gasteiger partial charge in [0.25, 0.3) is 0 Å². The Kier molecular flexibility index (Phi) is 22.5. The van der Waals surface area contributed by atoms with Crippen LogP contribution in [0.4, 0.5) is 0 Å². The van der Waals surface area contributed by atoms with Gasteiger partial charge in [-0.1, -0.05) is 76.8 Å². The fraction of sp³-hybridized carbons (Fsp3) is 0.531. The standard InChI is InChI=1S/C49H68N8O11S/c1-5-8-14-36(54-48(67)40(57-42(60)20-21-43(57)61)26-31-16-18-33(58)19-17-31)45(64)51-30-41(59)52-38(27-32-29-50-35-15-12-11-13-34(32)35)47(66)53-37(22-25-69-4)46(65)55-39(28-44(62)63)49(68)56(23-9-6-2)24-10-7-3/h11-13,15-19,29,36-40,50,58H,5-10,14,20-28,30H2,1-4H3,(H,51,64)(H,52,59)(H,53,66)(H,54,67)(H,55,65)(H,62,63)/t36-,37-,38-,39-,40-/m0/s1. The second-order valence-corrected chi connectivity index (χ2v) is 18.2. The molecule has 2 heterocycles. The number of hydrogen-bond acceptors (Lipinski definition) is 11. The summed E-state index contributed by atoms with van der Waals surface area (Å²) < 4.78 is 0. The van der Waals surface area contributed by atoms with Crippen LogP contribution < -0.4 is 26.6 Å². The van der Waals surface area contributed by atoms with Gasteiger partial charge in [0.05, 0.1) is 13.0 Å². The molecule has 69 heavy (non-hydrogen) atoms. The number of unbranched alkanes of at least 4 members (excludes halogenated alkanes) is 3. The van der Waals surface area contributed by atoms with E-state index in [4.69, 9.17) is 0 Å². The molecule has 8 amide bonds. The van der Waals surface area contributed by atoms with E-state index in [0.717, 1.165) is 28.6 Å². The third kappa shape index (κ3) is 16.9. The zero-order valence-corrected chi connectivity index (χ0v) is 40.8. The van der Waals surface area contributed by atoms with Crippen molar-refractivity contribution < 1.29 is 53.4 Å². The van der Waals surface area contributed by atoms with Crippen molar-refractivity contribution in [1.29, 1.82) is 0 Å². The predicted octanol–water partition coefficient (Wildman–Crippen LogP) is 3.08. The number of aromatic nitrogens is 1. The molecular weight excluding hydrogens is 909 g/mol. The number of thioether (sulfide) groups is 1. The molecule has 0 spiro atoms. The van der Waals surface area contributed by atoms with E-state index in [-0.39, 0.29) is 44.3 Å². The van der Waals surface area contributed by atoms with Gasteiger partial charge in [-0.25, -0.2) is 0 Å². The second kappa shape index (κ2) is 28.1. The highest BCUT2D eigenvalue weighted by molar-refractivity contribution is 7.98. The summed E-state index contributed by atoms with van der Waals surface area (Å²) in [6.45, 7) is 5.99. The van der Waals surface area contributed by atoms with E-state index >= 15 is 0 Å². The molecule has 8 N–H and O–H groups in total. The first-order valence-electron chi connectivity index (χ1n) is 23.8. The molecule has 20 heteroatoms. The lowest BCUT2D eigenvalue weighted by molar-refractivity contribution is -0.147. The number of nitrogens with zero attached hydrogens (tertiary/aromatic N) is 2. The minimum absolute atomic E-state index is 0.0133. The van der Waals surface area contributed by atoms with Crippen LogP contribution in [-0.4, -0.2) is 140 Å². The summed E-state index contributed by atoms with van der Waals surface area (Å²) in [5, 5.41) is 33.6. The maximum Gasteiger partial charge on any atom is 0.305 e. The molecule has 1 aromatic heterocycles. The lowest BCUT2D eigenvalue weighted by Gasteiger charge is -2.29. The van der Waals surface area contributed by atoms with E-state index in [9.17, 15) is 53.4 Å². The first-order valence-corrected chi connectivity index (χ1v) is 25.1. The highest BCUT2D eigenvalue weighted by Crippen LogP contribution is 2.22. The summed E-state index contributed by atoms with van der Waals surface area (Å²) >= 11 is 1.40. The number of carboxylic acids is 1. The van der Waals surface area contributed by atoms with Gasteiger partial charge >= 0.3 is 5.97 Å². The monoisotopic (exact) mass is 976 g/mol. The summed E-state index contributed by atoms with van der Waals surface area (Å²) in [4.78, 5) is 127. The summed E-state index contributed by atoms with van der Waals surface area (Å²) in [7, 11) is 0. The molecule has 376 valence electrons. The minimum atomic E-state index is -1.40. The average molecular weight is 977 g/mol. The number of hydrogen-bond donors (Lipinski definition) is 8. The fourth-order valence-corrected chi connectivity index (χ4v) is 8.45. The Bertz CT molecular complexity index is 2230. The van der Waals surface area contributed by atoms with Gasteiger partial charge < -0.3 is 46.7 Å². The van der Waals surface area contributed by atoms with Gasteiger partial charge in [0.1, 0.15) is 36.0 Å². The zero-order chi connectivity index (χ0) is 50.5. The van der Waals surface area contributed by atoms with Crippen molar-refractivity contribution in [3.8, 4) is 5.75 Å². The first-order chi connectivity index (χ1) is 33.1. The lowest BCUT2D eigenvalue weighted by Crippen LogP contribution is -2.58. The van der Waals surface area contributed by atoms with E-state index in [1.54, 1.807) is 23.2 Å². The SMILES string of the molecule is CCCC[C@H](NC(=O)[C@H](Cc1ccc(O)cc1)N1C(=O)CCC1=O)C(=O)NCC(=O)N[C@@H](Cc1c[nH]c2ccccc12)C(=O)N[C@@H](CCSC)C(=O)N[C@@H](CC(=O)O)C(=O)N(CCCC)CCCC. The van der Waals surface area contributed by atoms with Gasteiger partial charge in [-0.2, -0.15) is 11.8 Å². The van der Waals surface area contributed by atoms with Gasteiger partial charge in [-0.3, -0.25) is 48.1 Å². The smallest absolute Gasteiger partial charge is 0.305 e. The van der Waals surface area contributed by atoms with E-state index in [1.807, 2.05) is 51.3 Å². The number of phenols is 1. The number of aliphatic carboxylic acids is 1. The number of aromatic amines is 1. The quantitative estimate of drug-likeness (QED) is 0.0448. The van der Waals surface area contributed by atoms with Gasteiger partial charge in [0.2, 0.25) is 47.3 Å². The number of aromatic hydroxyl groups is 1. The molecular formula is C49H68N8O11S. The molecule has 19 nitrogen and oxygen atoms in total. The number of H-pyrrole nitrogens is 1. The van der Waals surface area contributed by atoms with Gasteiger partial charge in [0, 0.05) is 55.9 Å². The number of amides is 8. The number of likely N-dealkylation sites (tertiary alicyclic amines) is 1. The minimum Gasteiger partial charge on any atom is -0.508 e. The van der Waals surface area contributed by atoms with Crippen molar-refractivity contribution in [2.45, 2.75) is 134 Å². The topological polar surface area (TPSA) is 277 Å². The Morgan fingerprint density at radius 3 is 1.94 bits per heavy atom. The number of fused-ring (bicyclic) bond motifs is 1. The first kappa shape index (κ1) is 55.2. The van der Waals surface area contributed by atoms with Gasteiger partial charge in [-0.15, -0.1) is 0 Å². The molecule has 0 bridgehead atoms. The van der Waals surface area contributed by atoms with Crippen molar-refractivity contribution >= 4 is 75.9 Å². The molecule has 0 aliphatic carbocycles. The van der Waals surface area contributed by atoms with Crippen molar-refractivity contribution in [3.63, 3.8) is 0 Å². The summed E-state index contributed by atoms with van der Waals surface area (Å²) in [6, 6.07) is 6.87. The van der Waals surface area contributed by atoms with Crippen molar-refractivity contribution in [3.05, 3.63) is 65.9 Å². The Hall–Kier alpha value is -6.44. The number of carbonyl (C=O) groups is 9. The molecule has 1 aliphatic rings. The van der Waals surface area contributed by atoms with Crippen LogP contribution in [0.5, 0.6) is 5.75 Å². The number of carboxylic acid groups (broad SMARTS) is 1. The Labute approximate surface area is 407 Å². The van der Waals surface area contributed by atoms with E-state index in [0.29, 0.717) is 55.7 Å². The van der Waals surface area contributed by atoms with Crippen LogP contribution in [0.25, 0.3) is 10.9 Å². The molecule has 0 saturated carbocycles. The molecule has 0 unspecified atom stereocenters. The third-order valence-electron chi connectivity index (χ3n) is 11.8. The van der Waals surface area contributed by atoms with Crippen LogP contribution in [0, 0.1) is 0 Å². The van der Waals surface area contributed by atoms with E-state index in [2.05, 4.69) is 31.6 Å². The van der Waals surface area contributed by atoms with Crippen molar-refractivity contribution in [2.75, 3.05) is 31.6 Å². The molecule has 3 aromatic rings. The number of imide groups is 1. The number of rotatable bonds is 30. The summed E-state index contributed by atoms with van der Waals surface area (Å²) in [5.74, 6) is -6.28. The van der Waals surface area contributed by atoms with Gasteiger partial charge in [-0.05, 0) is 67.0 Å². The van der Waals surface area contributed by atoms with Crippen LogP contribution in [0.15, 0.2) is 54.7 Å². The van der Waals surface area contributed by atoms with Crippen LogP contribution >= 0.6 is 11.8 Å². The highest BCUT2D eigenvalue weighted by atomic mass is 32.2. The number of phenolic OH excluding ortho intramolecular Hbond substituents is 1. The third-order valence-corrected chi connectivity index (χ3v) is 12.5. The van der Waals surface area contributed by atoms with Crippen LogP contribution in [0.1, 0.15) is 103 Å². The maximum atomic E-state index is 14.3. The Morgan fingerprint density at radius 1 is 0.725 bits per heavy atom. The summed E-state index contributed by atoms with van der Waals surface area (Å²) in [5.41, 5.74) is 1.98. The molecule has 1 fully saturated rings. The molecule has 1 saturated heterocycles. The molecule has 5 atom stereocenters. The highest BCUT2D eigenvalue weighted by Gasteiger charge is 2.40. The molecule has 2 aromatic carbocycles. The van der Waals surface area contributed by atoms with Crippen LogP contribution in [0.3, 0.4) is 0 Å². The molecule has 0 radical (unpaired) electrons. The molecule has 4 rings (SSSR count).